The number of hydrogen-bond donors (Lipinski definition) is 2. The van der Waals surface area contributed by atoms with E-state index in [1.807, 2.05) is 0 Å². The molecule has 0 radical (unpaired) electrons. The largest absolute Gasteiger partial charge is 0.465 e. The number of methoxy groups -OCH3 is 1. The van der Waals surface area contributed by atoms with E-state index in [0.29, 0.717) is 22.8 Å². The summed E-state index contributed by atoms with van der Waals surface area (Å²) in [5, 5.41) is 6.70. The summed E-state index contributed by atoms with van der Waals surface area (Å²) < 4.78 is 23.1. The first-order valence-corrected chi connectivity index (χ1v) is 8.65. The Morgan fingerprint density at radius 1 is 1.07 bits per heavy atom. The minimum Gasteiger partial charge on any atom is -0.465 e. The summed E-state index contributed by atoms with van der Waals surface area (Å²) in [6, 6.07) is 15.9. The van der Waals surface area contributed by atoms with Crippen LogP contribution >= 0.6 is 0 Å². The lowest BCUT2D eigenvalue weighted by atomic mass is 10.1. The van der Waals surface area contributed by atoms with Crippen molar-refractivity contribution in [3.8, 4) is 11.3 Å². The highest BCUT2D eigenvalue weighted by molar-refractivity contribution is 5.90. The molecule has 2 aromatic carbocycles. The fourth-order valence-electron chi connectivity index (χ4n) is 2.42. The Labute approximate surface area is 166 Å². The number of ether oxygens (including phenoxy) is 1. The highest BCUT2D eigenvalue weighted by atomic mass is 19.1. The van der Waals surface area contributed by atoms with Crippen molar-refractivity contribution in [1.29, 1.82) is 0 Å². The molecule has 7 nitrogen and oxygen atoms in total. The Bertz CT molecular complexity index is 1010. The molecule has 148 valence electrons. The topological polar surface area (TPSA) is 92.9 Å². The highest BCUT2D eigenvalue weighted by Gasteiger charge is 2.08. The fraction of sp³-hybridized carbons (Fsp3) is 0.0952. The molecule has 8 heteroatoms. The van der Waals surface area contributed by atoms with E-state index < -0.39 is 5.97 Å². The van der Waals surface area contributed by atoms with Gasteiger partial charge < -0.3 is 14.5 Å². The Kier molecular flexibility index (Phi) is 6.36. The molecule has 0 atom stereocenters. The van der Waals surface area contributed by atoms with Crippen LogP contribution < -0.4 is 10.7 Å². The summed E-state index contributed by atoms with van der Waals surface area (Å²) in [7, 11) is 1.33. The van der Waals surface area contributed by atoms with Gasteiger partial charge in [0.1, 0.15) is 17.3 Å². The van der Waals surface area contributed by atoms with Crippen molar-refractivity contribution in [1.82, 2.24) is 5.43 Å². The molecule has 1 amide bonds. The van der Waals surface area contributed by atoms with Gasteiger partial charge in [0.2, 0.25) is 0 Å². The molecule has 1 aromatic heterocycles. The third-order valence-corrected chi connectivity index (χ3v) is 3.90. The van der Waals surface area contributed by atoms with Crippen molar-refractivity contribution < 1.29 is 23.1 Å². The average molecular weight is 395 g/mol. The SMILES string of the molecule is COC(=O)c1ccc(-c2ccc(/C=N\NC(=O)CNc3ccc(F)cc3)o2)cc1. The molecule has 3 rings (SSSR count). The second kappa shape index (κ2) is 9.32. The minimum atomic E-state index is -0.409. The van der Waals surface area contributed by atoms with Gasteiger partial charge in [-0.2, -0.15) is 5.10 Å². The van der Waals surface area contributed by atoms with Gasteiger partial charge in [-0.15, -0.1) is 0 Å². The molecule has 2 N–H and O–H groups in total. The molecular weight excluding hydrogens is 377 g/mol. The molecule has 0 aliphatic heterocycles. The standard InChI is InChI=1S/C21H18FN3O4/c1-28-21(27)15-4-2-14(3-5-15)19-11-10-18(29-19)12-24-25-20(26)13-23-17-8-6-16(22)7-9-17/h2-12,23H,13H2,1H3,(H,25,26)/b24-12-. The molecule has 3 aromatic rings. The normalized spacial score (nSPS) is 10.7. The highest BCUT2D eigenvalue weighted by Crippen LogP contribution is 2.22. The number of benzene rings is 2. The van der Waals surface area contributed by atoms with E-state index in [1.54, 1.807) is 36.4 Å². The number of furan rings is 1. The first-order valence-electron chi connectivity index (χ1n) is 8.65. The van der Waals surface area contributed by atoms with Crippen LogP contribution in [0.25, 0.3) is 11.3 Å². The summed E-state index contributed by atoms with van der Waals surface area (Å²) in [6.07, 6.45) is 1.38. The molecule has 29 heavy (non-hydrogen) atoms. The summed E-state index contributed by atoms with van der Waals surface area (Å²) in [4.78, 5) is 23.2. The lowest BCUT2D eigenvalue weighted by Gasteiger charge is -2.04. The summed E-state index contributed by atoms with van der Waals surface area (Å²) in [6.45, 7) is -0.0150. The number of amides is 1. The zero-order valence-corrected chi connectivity index (χ0v) is 15.5. The smallest absolute Gasteiger partial charge is 0.337 e. The number of hydrazone groups is 1. The second-order valence-electron chi connectivity index (χ2n) is 5.92. The third kappa shape index (κ3) is 5.52. The third-order valence-electron chi connectivity index (χ3n) is 3.90. The molecule has 0 aliphatic carbocycles. The van der Waals surface area contributed by atoms with Gasteiger partial charge in [-0.05, 0) is 48.5 Å². The number of nitrogens with one attached hydrogen (secondary N) is 2. The molecule has 0 unspecified atom stereocenters. The number of carbonyl (C=O) groups is 2. The van der Waals surface area contributed by atoms with Crippen LogP contribution in [-0.2, 0) is 9.53 Å². The fourth-order valence-corrected chi connectivity index (χ4v) is 2.42. The molecular formula is C21H18FN3O4. The van der Waals surface area contributed by atoms with Crippen molar-refractivity contribution >= 4 is 23.8 Å². The number of hydrogen-bond acceptors (Lipinski definition) is 6. The van der Waals surface area contributed by atoms with E-state index in [9.17, 15) is 14.0 Å². The molecule has 1 heterocycles. The Morgan fingerprint density at radius 2 is 1.79 bits per heavy atom. The number of nitrogens with zero attached hydrogens (tertiary/aromatic N) is 1. The van der Waals surface area contributed by atoms with E-state index in [4.69, 9.17) is 4.42 Å². The summed E-state index contributed by atoms with van der Waals surface area (Å²) in [5.74, 6) is -0.0814. The van der Waals surface area contributed by atoms with E-state index in [-0.39, 0.29) is 18.3 Å². The molecule has 0 spiro atoms. The van der Waals surface area contributed by atoms with E-state index >= 15 is 0 Å². The van der Waals surface area contributed by atoms with Gasteiger partial charge in [0.25, 0.3) is 5.91 Å². The maximum atomic E-state index is 12.8. The van der Waals surface area contributed by atoms with Gasteiger partial charge in [-0.25, -0.2) is 14.6 Å². The maximum Gasteiger partial charge on any atom is 0.337 e. The summed E-state index contributed by atoms with van der Waals surface area (Å²) >= 11 is 0. The second-order valence-corrected chi connectivity index (χ2v) is 5.92. The zero-order chi connectivity index (χ0) is 20.6. The number of anilines is 1. The number of rotatable bonds is 7. The molecule has 0 bridgehead atoms. The first-order chi connectivity index (χ1) is 14.0. The Morgan fingerprint density at radius 3 is 2.48 bits per heavy atom. The van der Waals surface area contributed by atoms with Crippen molar-refractivity contribution in [2.24, 2.45) is 5.10 Å². The maximum absolute atomic E-state index is 12.8. The van der Waals surface area contributed by atoms with E-state index in [2.05, 4.69) is 20.6 Å². The number of carbonyl (C=O) groups excluding carboxylic acids is 2. The van der Waals surface area contributed by atoms with Crippen molar-refractivity contribution in [2.75, 3.05) is 19.0 Å². The van der Waals surface area contributed by atoms with Crippen molar-refractivity contribution in [3.05, 3.63) is 77.8 Å². The molecule has 0 fully saturated rings. The Hall–Kier alpha value is -3.94. The molecule has 0 saturated heterocycles. The van der Waals surface area contributed by atoms with Crippen molar-refractivity contribution in [3.63, 3.8) is 0 Å². The van der Waals surface area contributed by atoms with E-state index in [1.165, 1.54) is 37.6 Å². The first kappa shape index (κ1) is 19.8. The van der Waals surface area contributed by atoms with E-state index in [0.717, 1.165) is 5.56 Å². The average Bonchev–Trinajstić information content (AvgIpc) is 3.22. The zero-order valence-electron chi connectivity index (χ0n) is 15.5. The van der Waals surface area contributed by atoms with Gasteiger partial charge in [0.05, 0.1) is 25.4 Å². The predicted molar refractivity (Wildman–Crippen MR) is 106 cm³/mol. The van der Waals surface area contributed by atoms with Gasteiger partial charge in [0, 0.05) is 11.3 Å². The minimum absolute atomic E-state index is 0.0150. The van der Waals surface area contributed by atoms with Crippen LogP contribution in [0.2, 0.25) is 0 Å². The van der Waals surface area contributed by atoms with Gasteiger partial charge >= 0.3 is 5.97 Å². The lowest BCUT2D eigenvalue weighted by molar-refractivity contribution is -0.119. The summed E-state index contributed by atoms with van der Waals surface area (Å²) in [5.41, 5.74) is 4.22. The predicted octanol–water partition coefficient (Wildman–Crippen LogP) is 3.43. The Balaban J connectivity index is 1.51. The number of halogens is 1. The van der Waals surface area contributed by atoms with Crippen LogP contribution in [0.3, 0.4) is 0 Å². The van der Waals surface area contributed by atoms with Crippen LogP contribution in [0.1, 0.15) is 16.1 Å². The number of esters is 1. The van der Waals surface area contributed by atoms with Crippen LogP contribution in [-0.4, -0.2) is 31.7 Å². The quantitative estimate of drug-likeness (QED) is 0.363. The molecule has 0 aliphatic rings. The van der Waals surface area contributed by atoms with Gasteiger partial charge in [-0.3, -0.25) is 4.79 Å². The van der Waals surface area contributed by atoms with Gasteiger partial charge in [-0.1, -0.05) is 12.1 Å². The van der Waals surface area contributed by atoms with Crippen LogP contribution in [0.15, 0.2) is 70.2 Å². The van der Waals surface area contributed by atoms with Gasteiger partial charge in [0.15, 0.2) is 0 Å². The molecule has 0 saturated carbocycles. The van der Waals surface area contributed by atoms with Crippen LogP contribution in [0.4, 0.5) is 10.1 Å². The van der Waals surface area contributed by atoms with Crippen LogP contribution in [0.5, 0.6) is 0 Å². The van der Waals surface area contributed by atoms with Crippen LogP contribution in [0, 0.1) is 5.82 Å². The monoisotopic (exact) mass is 395 g/mol. The van der Waals surface area contributed by atoms with Crippen molar-refractivity contribution in [2.45, 2.75) is 0 Å². The lowest BCUT2D eigenvalue weighted by Crippen LogP contribution is -2.25.